The third-order valence-electron chi connectivity index (χ3n) is 2.71. The third kappa shape index (κ3) is 3.50. The van der Waals surface area contributed by atoms with Crippen molar-refractivity contribution in [1.82, 2.24) is 4.98 Å². The number of anilines is 1. The number of hydrogen-bond acceptors (Lipinski definition) is 3. The van der Waals surface area contributed by atoms with Crippen molar-refractivity contribution in [2.45, 2.75) is 12.7 Å². The zero-order chi connectivity index (χ0) is 15.5. The van der Waals surface area contributed by atoms with Crippen LogP contribution in [0.2, 0.25) is 0 Å². The molecule has 1 N–H and O–H groups in total. The van der Waals surface area contributed by atoms with Crippen molar-refractivity contribution in [2.24, 2.45) is 0 Å². The summed E-state index contributed by atoms with van der Waals surface area (Å²) in [6.07, 6.45) is -3.63. The standard InChI is InChI=1S/C14H11F3N2O2/c15-14(16,17)13(21)19(9-10-5-3-4-8-18-10)11-6-1-2-7-12(11)20/h1-8,20H,9H2. The van der Waals surface area contributed by atoms with Crippen LogP contribution in [0.15, 0.2) is 48.7 Å². The predicted octanol–water partition coefficient (Wildman–Crippen LogP) is 2.88. The molecule has 7 heteroatoms. The maximum atomic E-state index is 12.7. The molecule has 0 spiro atoms. The lowest BCUT2D eigenvalue weighted by Gasteiger charge is -2.24. The SMILES string of the molecule is O=C(N(Cc1ccccn1)c1ccccc1O)C(F)(F)F. The number of halogens is 3. The topological polar surface area (TPSA) is 53.4 Å². The lowest BCUT2D eigenvalue weighted by atomic mass is 10.2. The van der Waals surface area contributed by atoms with Crippen molar-refractivity contribution in [3.05, 3.63) is 54.4 Å². The molecule has 1 amide bonds. The Bertz CT molecular complexity index is 630. The molecule has 0 unspecified atom stereocenters. The number of pyridine rings is 1. The number of phenolic OH excluding ortho intramolecular Hbond substituents is 1. The highest BCUT2D eigenvalue weighted by Crippen LogP contribution is 2.31. The van der Waals surface area contributed by atoms with Crippen molar-refractivity contribution >= 4 is 11.6 Å². The largest absolute Gasteiger partial charge is 0.506 e. The van der Waals surface area contributed by atoms with Crippen molar-refractivity contribution in [2.75, 3.05) is 4.90 Å². The van der Waals surface area contributed by atoms with Gasteiger partial charge in [0.25, 0.3) is 0 Å². The van der Waals surface area contributed by atoms with Crippen LogP contribution in [0.25, 0.3) is 0 Å². The van der Waals surface area contributed by atoms with Crippen LogP contribution >= 0.6 is 0 Å². The first-order valence-electron chi connectivity index (χ1n) is 5.96. The normalized spacial score (nSPS) is 11.2. The zero-order valence-electron chi connectivity index (χ0n) is 10.7. The van der Waals surface area contributed by atoms with E-state index in [0.29, 0.717) is 4.90 Å². The van der Waals surface area contributed by atoms with Gasteiger partial charge in [0, 0.05) is 6.20 Å². The molecule has 110 valence electrons. The molecule has 0 radical (unpaired) electrons. The number of alkyl halides is 3. The number of para-hydroxylation sites is 2. The summed E-state index contributed by atoms with van der Waals surface area (Å²) in [4.78, 5) is 15.9. The lowest BCUT2D eigenvalue weighted by molar-refractivity contribution is -0.170. The van der Waals surface area contributed by atoms with Gasteiger partial charge in [-0.25, -0.2) is 0 Å². The number of carbonyl (C=O) groups excluding carboxylic acids is 1. The van der Waals surface area contributed by atoms with Crippen LogP contribution in [0.3, 0.4) is 0 Å². The van der Waals surface area contributed by atoms with Crippen molar-refractivity contribution in [1.29, 1.82) is 0 Å². The fourth-order valence-corrected chi connectivity index (χ4v) is 1.77. The highest BCUT2D eigenvalue weighted by Gasteiger charge is 2.43. The molecule has 0 aliphatic carbocycles. The summed E-state index contributed by atoms with van der Waals surface area (Å²) in [6, 6.07) is 10.0. The molecule has 0 aliphatic heterocycles. The first kappa shape index (κ1) is 14.8. The van der Waals surface area contributed by atoms with E-state index in [4.69, 9.17) is 0 Å². The average Bonchev–Trinajstić information content (AvgIpc) is 2.45. The number of amides is 1. The van der Waals surface area contributed by atoms with E-state index in [2.05, 4.69) is 4.98 Å². The highest BCUT2D eigenvalue weighted by atomic mass is 19.4. The zero-order valence-corrected chi connectivity index (χ0v) is 10.7. The number of hydrogen-bond donors (Lipinski definition) is 1. The Morgan fingerprint density at radius 3 is 2.38 bits per heavy atom. The summed E-state index contributed by atoms with van der Waals surface area (Å²) in [5, 5.41) is 9.69. The highest BCUT2D eigenvalue weighted by molar-refractivity contribution is 5.98. The van der Waals surface area contributed by atoms with Gasteiger partial charge in [-0.1, -0.05) is 18.2 Å². The Kier molecular flexibility index (Phi) is 4.11. The summed E-state index contributed by atoms with van der Waals surface area (Å²) in [5.74, 6) is -2.47. The molecule has 0 aliphatic rings. The Morgan fingerprint density at radius 1 is 1.14 bits per heavy atom. The molecule has 0 fully saturated rings. The van der Waals surface area contributed by atoms with Gasteiger partial charge < -0.3 is 5.11 Å². The molecular weight excluding hydrogens is 285 g/mol. The van der Waals surface area contributed by atoms with Gasteiger partial charge >= 0.3 is 12.1 Å². The van der Waals surface area contributed by atoms with Gasteiger partial charge in [-0.3, -0.25) is 14.7 Å². The van der Waals surface area contributed by atoms with Gasteiger partial charge in [0.2, 0.25) is 0 Å². The second-order valence-corrected chi connectivity index (χ2v) is 4.20. The maximum absolute atomic E-state index is 12.7. The Morgan fingerprint density at radius 2 is 1.81 bits per heavy atom. The maximum Gasteiger partial charge on any atom is 0.471 e. The van der Waals surface area contributed by atoms with Crippen molar-refractivity contribution < 1.29 is 23.1 Å². The molecule has 2 rings (SSSR count). The number of aromatic hydroxyl groups is 1. The summed E-state index contributed by atoms with van der Waals surface area (Å²) >= 11 is 0. The van der Waals surface area contributed by atoms with E-state index in [0.717, 1.165) is 0 Å². The van der Waals surface area contributed by atoms with Crippen LogP contribution in [-0.2, 0) is 11.3 Å². The second kappa shape index (κ2) is 5.82. The van der Waals surface area contributed by atoms with E-state index in [9.17, 15) is 23.1 Å². The monoisotopic (exact) mass is 296 g/mol. The van der Waals surface area contributed by atoms with Crippen molar-refractivity contribution in [3.8, 4) is 5.75 Å². The Hall–Kier alpha value is -2.57. The molecule has 0 saturated carbocycles. The Balaban J connectivity index is 2.40. The van der Waals surface area contributed by atoms with E-state index in [-0.39, 0.29) is 11.4 Å². The van der Waals surface area contributed by atoms with Gasteiger partial charge in [-0.05, 0) is 24.3 Å². The van der Waals surface area contributed by atoms with Crippen LogP contribution < -0.4 is 4.90 Å². The lowest BCUT2D eigenvalue weighted by Crippen LogP contribution is -2.41. The Labute approximate surface area is 118 Å². The number of nitrogens with zero attached hydrogens (tertiary/aromatic N) is 2. The van der Waals surface area contributed by atoms with Gasteiger partial charge in [-0.15, -0.1) is 0 Å². The molecule has 0 bridgehead atoms. The quantitative estimate of drug-likeness (QED) is 0.947. The number of phenols is 1. The molecule has 0 saturated heterocycles. The van der Waals surface area contributed by atoms with Crippen molar-refractivity contribution in [3.63, 3.8) is 0 Å². The fraction of sp³-hybridized carbons (Fsp3) is 0.143. The molecule has 0 atom stereocenters. The van der Waals surface area contributed by atoms with Crippen LogP contribution in [-0.4, -0.2) is 22.2 Å². The smallest absolute Gasteiger partial charge is 0.471 e. The van der Waals surface area contributed by atoms with Gasteiger partial charge in [0.05, 0.1) is 17.9 Å². The van der Waals surface area contributed by atoms with Gasteiger partial charge in [-0.2, -0.15) is 13.2 Å². The first-order chi connectivity index (χ1) is 9.89. The minimum absolute atomic E-state index is 0.217. The van der Waals surface area contributed by atoms with Gasteiger partial charge in [0.1, 0.15) is 5.75 Å². The number of carbonyl (C=O) groups is 1. The van der Waals surface area contributed by atoms with E-state index < -0.39 is 24.4 Å². The second-order valence-electron chi connectivity index (χ2n) is 4.20. The van der Waals surface area contributed by atoms with E-state index in [1.807, 2.05) is 0 Å². The minimum atomic E-state index is -5.04. The molecule has 1 aromatic carbocycles. The number of aromatic nitrogens is 1. The molecule has 4 nitrogen and oxygen atoms in total. The molecule has 1 aromatic heterocycles. The average molecular weight is 296 g/mol. The molecule has 2 aromatic rings. The first-order valence-corrected chi connectivity index (χ1v) is 5.96. The fourth-order valence-electron chi connectivity index (χ4n) is 1.77. The van der Waals surface area contributed by atoms with E-state index in [1.54, 1.807) is 12.1 Å². The van der Waals surface area contributed by atoms with Crippen LogP contribution in [0.1, 0.15) is 5.69 Å². The number of rotatable bonds is 3. The number of benzene rings is 1. The third-order valence-corrected chi connectivity index (χ3v) is 2.71. The molecule has 21 heavy (non-hydrogen) atoms. The van der Waals surface area contributed by atoms with Crippen LogP contribution in [0, 0.1) is 0 Å². The van der Waals surface area contributed by atoms with E-state index >= 15 is 0 Å². The van der Waals surface area contributed by atoms with E-state index in [1.165, 1.54) is 36.5 Å². The van der Waals surface area contributed by atoms with Crippen LogP contribution in [0.4, 0.5) is 18.9 Å². The summed E-state index contributed by atoms with van der Waals surface area (Å²) in [7, 11) is 0. The predicted molar refractivity (Wildman–Crippen MR) is 69.6 cm³/mol. The molecular formula is C14H11F3N2O2. The van der Waals surface area contributed by atoms with Crippen LogP contribution in [0.5, 0.6) is 5.75 Å². The summed E-state index contributed by atoms with van der Waals surface area (Å²) < 4.78 is 38.2. The molecule has 1 heterocycles. The minimum Gasteiger partial charge on any atom is -0.506 e. The summed E-state index contributed by atoms with van der Waals surface area (Å²) in [6.45, 7) is -0.392. The summed E-state index contributed by atoms with van der Waals surface area (Å²) in [5.41, 5.74) is 0.0591. The van der Waals surface area contributed by atoms with Gasteiger partial charge in [0.15, 0.2) is 0 Å².